The van der Waals surface area contributed by atoms with E-state index in [0.29, 0.717) is 18.7 Å². The van der Waals surface area contributed by atoms with Crippen molar-refractivity contribution in [1.29, 1.82) is 0 Å². The van der Waals surface area contributed by atoms with Gasteiger partial charge in [-0.3, -0.25) is 0 Å². The molecule has 1 fully saturated rings. The molecule has 0 radical (unpaired) electrons. The molecule has 28 heavy (non-hydrogen) atoms. The molecule has 1 saturated heterocycles. The molecule has 0 unspecified atom stereocenters. The quantitative estimate of drug-likeness (QED) is 0.776. The van der Waals surface area contributed by atoms with Crippen molar-refractivity contribution in [2.45, 2.75) is 49.4 Å². The summed E-state index contributed by atoms with van der Waals surface area (Å²) < 4.78 is 55.4. The zero-order valence-electron chi connectivity index (χ0n) is 16.2. The Hall–Kier alpha value is -1.74. The highest BCUT2D eigenvalue weighted by atomic mass is 32.2. The SMILES string of the molecule is Cc1ccc(S(=O)(=O)NCc2ccccc2S(=O)(=O)N2CCCCC2)cc1C. The third-order valence-corrected chi connectivity index (χ3v) is 8.54. The standard InChI is InChI=1S/C20H26N2O4S2/c1-16-10-11-19(14-17(16)2)27(23,24)21-15-18-8-4-5-9-20(18)28(25,26)22-12-6-3-7-13-22/h4-5,8-11,14,21H,3,6-7,12-13,15H2,1-2H3. The van der Waals surface area contributed by atoms with E-state index in [4.69, 9.17) is 0 Å². The Morgan fingerprint density at radius 2 is 1.57 bits per heavy atom. The number of sulfonamides is 2. The predicted molar refractivity (Wildman–Crippen MR) is 109 cm³/mol. The van der Waals surface area contributed by atoms with Crippen LogP contribution in [0.15, 0.2) is 52.3 Å². The first kappa shape index (κ1) is 21.0. The lowest BCUT2D eigenvalue weighted by Gasteiger charge is -2.26. The van der Waals surface area contributed by atoms with E-state index in [9.17, 15) is 16.8 Å². The molecule has 0 atom stereocenters. The van der Waals surface area contributed by atoms with E-state index >= 15 is 0 Å². The second kappa shape index (κ2) is 8.32. The Kier molecular flexibility index (Phi) is 6.24. The molecule has 8 heteroatoms. The molecule has 0 bridgehead atoms. The first-order valence-corrected chi connectivity index (χ1v) is 12.3. The Bertz CT molecular complexity index is 1060. The maximum atomic E-state index is 13.0. The highest BCUT2D eigenvalue weighted by molar-refractivity contribution is 7.89. The van der Waals surface area contributed by atoms with Gasteiger partial charge in [0, 0.05) is 19.6 Å². The predicted octanol–water partition coefficient (Wildman–Crippen LogP) is 2.96. The summed E-state index contributed by atoms with van der Waals surface area (Å²) in [5.74, 6) is 0. The van der Waals surface area contributed by atoms with Crippen LogP contribution in [0.2, 0.25) is 0 Å². The van der Waals surface area contributed by atoms with Gasteiger partial charge in [-0.2, -0.15) is 4.31 Å². The minimum atomic E-state index is -3.74. The summed E-state index contributed by atoms with van der Waals surface area (Å²) in [7, 11) is -7.38. The summed E-state index contributed by atoms with van der Waals surface area (Å²) in [6, 6.07) is 11.5. The highest BCUT2D eigenvalue weighted by Crippen LogP contribution is 2.24. The number of hydrogen-bond acceptors (Lipinski definition) is 4. The fourth-order valence-electron chi connectivity index (χ4n) is 3.28. The summed E-state index contributed by atoms with van der Waals surface area (Å²) >= 11 is 0. The second-order valence-electron chi connectivity index (χ2n) is 7.14. The van der Waals surface area contributed by atoms with E-state index < -0.39 is 20.0 Å². The van der Waals surface area contributed by atoms with Crippen LogP contribution in [0.3, 0.4) is 0 Å². The smallest absolute Gasteiger partial charge is 0.207 e. The van der Waals surface area contributed by atoms with Crippen LogP contribution in [-0.4, -0.2) is 34.2 Å². The number of nitrogens with zero attached hydrogens (tertiary/aromatic N) is 1. The molecule has 3 rings (SSSR count). The van der Waals surface area contributed by atoms with Gasteiger partial charge in [0.1, 0.15) is 0 Å². The average Bonchev–Trinajstić information content (AvgIpc) is 2.69. The monoisotopic (exact) mass is 422 g/mol. The second-order valence-corrected chi connectivity index (χ2v) is 10.8. The molecule has 0 aliphatic carbocycles. The van der Waals surface area contributed by atoms with E-state index in [2.05, 4.69) is 4.72 Å². The normalized spacial score (nSPS) is 16.2. The van der Waals surface area contributed by atoms with Crippen molar-refractivity contribution in [3.63, 3.8) is 0 Å². The van der Waals surface area contributed by atoms with Crippen LogP contribution in [0.1, 0.15) is 36.0 Å². The number of piperidine rings is 1. The van der Waals surface area contributed by atoms with Crippen LogP contribution >= 0.6 is 0 Å². The molecule has 0 aromatic heterocycles. The summed E-state index contributed by atoms with van der Waals surface area (Å²) in [5, 5.41) is 0. The molecule has 2 aromatic rings. The van der Waals surface area contributed by atoms with Crippen molar-refractivity contribution >= 4 is 20.0 Å². The molecular formula is C20H26N2O4S2. The zero-order chi connectivity index (χ0) is 20.4. The molecule has 152 valence electrons. The topological polar surface area (TPSA) is 83.5 Å². The summed E-state index contributed by atoms with van der Waals surface area (Å²) in [6.07, 6.45) is 2.73. The Labute approximate surface area is 167 Å². The van der Waals surface area contributed by atoms with Crippen molar-refractivity contribution < 1.29 is 16.8 Å². The maximum absolute atomic E-state index is 13.0. The highest BCUT2D eigenvalue weighted by Gasteiger charge is 2.28. The zero-order valence-corrected chi connectivity index (χ0v) is 17.8. The summed E-state index contributed by atoms with van der Waals surface area (Å²) in [4.78, 5) is 0.339. The van der Waals surface area contributed by atoms with Gasteiger partial charge >= 0.3 is 0 Å². The molecule has 2 aromatic carbocycles. The van der Waals surface area contributed by atoms with Crippen LogP contribution in [-0.2, 0) is 26.6 Å². The fourth-order valence-corrected chi connectivity index (χ4v) is 6.11. The van der Waals surface area contributed by atoms with Crippen LogP contribution < -0.4 is 4.72 Å². The molecule has 1 heterocycles. The van der Waals surface area contributed by atoms with Gasteiger partial charge in [0.15, 0.2) is 0 Å². The first-order chi connectivity index (χ1) is 13.2. The van der Waals surface area contributed by atoms with E-state index in [1.165, 1.54) is 4.31 Å². The molecule has 1 aliphatic heterocycles. The lowest BCUT2D eigenvalue weighted by molar-refractivity contribution is 0.346. The van der Waals surface area contributed by atoms with Gasteiger partial charge in [-0.1, -0.05) is 30.7 Å². The van der Waals surface area contributed by atoms with E-state index in [1.807, 2.05) is 13.8 Å². The Morgan fingerprint density at radius 1 is 0.893 bits per heavy atom. The Balaban J connectivity index is 1.84. The number of rotatable bonds is 6. The molecule has 6 nitrogen and oxygen atoms in total. The largest absolute Gasteiger partial charge is 0.243 e. The molecule has 0 amide bonds. The van der Waals surface area contributed by atoms with Gasteiger partial charge in [0.2, 0.25) is 20.0 Å². The van der Waals surface area contributed by atoms with Crippen molar-refractivity contribution in [1.82, 2.24) is 9.03 Å². The third-order valence-electron chi connectivity index (χ3n) is 5.15. The molecular weight excluding hydrogens is 396 g/mol. The van der Waals surface area contributed by atoms with Crippen molar-refractivity contribution in [2.75, 3.05) is 13.1 Å². The number of nitrogens with one attached hydrogen (secondary N) is 1. The van der Waals surface area contributed by atoms with E-state index in [-0.39, 0.29) is 16.3 Å². The Morgan fingerprint density at radius 3 is 2.25 bits per heavy atom. The van der Waals surface area contributed by atoms with Crippen LogP contribution in [0.25, 0.3) is 0 Å². The first-order valence-electron chi connectivity index (χ1n) is 9.37. The molecule has 1 N–H and O–H groups in total. The van der Waals surface area contributed by atoms with Crippen molar-refractivity contribution in [3.8, 4) is 0 Å². The number of hydrogen-bond donors (Lipinski definition) is 1. The molecule has 1 aliphatic rings. The van der Waals surface area contributed by atoms with Crippen LogP contribution in [0, 0.1) is 13.8 Å². The summed E-state index contributed by atoms with van der Waals surface area (Å²) in [6.45, 7) is 4.70. The lowest BCUT2D eigenvalue weighted by atomic mass is 10.1. The summed E-state index contributed by atoms with van der Waals surface area (Å²) in [5.41, 5.74) is 2.34. The lowest BCUT2D eigenvalue weighted by Crippen LogP contribution is -2.36. The van der Waals surface area contributed by atoms with Gasteiger partial charge in [0.05, 0.1) is 9.79 Å². The fraction of sp³-hybridized carbons (Fsp3) is 0.400. The minimum absolute atomic E-state index is 0.0848. The van der Waals surface area contributed by atoms with Gasteiger partial charge in [-0.15, -0.1) is 0 Å². The third kappa shape index (κ3) is 4.46. The van der Waals surface area contributed by atoms with Gasteiger partial charge in [-0.25, -0.2) is 21.6 Å². The number of benzene rings is 2. The van der Waals surface area contributed by atoms with E-state index in [0.717, 1.165) is 30.4 Å². The van der Waals surface area contributed by atoms with Crippen molar-refractivity contribution in [3.05, 3.63) is 59.2 Å². The van der Waals surface area contributed by atoms with Gasteiger partial charge < -0.3 is 0 Å². The molecule has 0 spiro atoms. The van der Waals surface area contributed by atoms with Gasteiger partial charge in [0.25, 0.3) is 0 Å². The average molecular weight is 423 g/mol. The van der Waals surface area contributed by atoms with E-state index in [1.54, 1.807) is 42.5 Å². The van der Waals surface area contributed by atoms with Crippen LogP contribution in [0.5, 0.6) is 0 Å². The van der Waals surface area contributed by atoms with Crippen molar-refractivity contribution in [2.24, 2.45) is 0 Å². The molecule has 0 saturated carbocycles. The van der Waals surface area contributed by atoms with Gasteiger partial charge in [-0.05, 0) is 61.6 Å². The number of aryl methyl sites for hydroxylation is 2. The maximum Gasteiger partial charge on any atom is 0.243 e. The van der Waals surface area contributed by atoms with Crippen LogP contribution in [0.4, 0.5) is 0 Å². The minimum Gasteiger partial charge on any atom is -0.207 e.